The van der Waals surface area contributed by atoms with Crippen LogP contribution >= 0.6 is 0 Å². The van der Waals surface area contributed by atoms with Crippen molar-refractivity contribution in [3.63, 3.8) is 0 Å². The number of benzene rings is 2. The van der Waals surface area contributed by atoms with Crippen molar-refractivity contribution in [2.24, 2.45) is 0 Å². The summed E-state index contributed by atoms with van der Waals surface area (Å²) >= 11 is 0. The summed E-state index contributed by atoms with van der Waals surface area (Å²) in [5.41, 5.74) is 4.40. The first-order valence-corrected chi connectivity index (χ1v) is 8.77. The highest BCUT2D eigenvalue weighted by molar-refractivity contribution is 6.04. The molecule has 0 bridgehead atoms. The van der Waals surface area contributed by atoms with Crippen LogP contribution in [-0.2, 0) is 6.54 Å². The molecule has 0 saturated carbocycles. The Balaban J connectivity index is 1.68. The first-order chi connectivity index (χ1) is 12.6. The van der Waals surface area contributed by atoms with Crippen LogP contribution in [0, 0.1) is 0 Å². The summed E-state index contributed by atoms with van der Waals surface area (Å²) in [5, 5.41) is 6.32. The minimum atomic E-state index is -0.119. The van der Waals surface area contributed by atoms with E-state index in [1.54, 1.807) is 6.20 Å². The molecular weight excluding hydrogens is 322 g/mol. The second-order valence-electron chi connectivity index (χ2n) is 6.48. The topological polar surface area (TPSA) is 54.0 Å². The van der Waals surface area contributed by atoms with Gasteiger partial charge in [-0.15, -0.1) is 0 Å². The van der Waals surface area contributed by atoms with Crippen LogP contribution in [0.3, 0.4) is 0 Å². The molecular formula is C22H23N3O. The first kappa shape index (κ1) is 17.8. The number of hydrogen-bond acceptors (Lipinski definition) is 3. The zero-order valence-electron chi connectivity index (χ0n) is 15.1. The zero-order valence-corrected chi connectivity index (χ0v) is 15.1. The summed E-state index contributed by atoms with van der Waals surface area (Å²) in [5.74, 6) is -0.119. The van der Waals surface area contributed by atoms with Crippen molar-refractivity contribution in [3.8, 4) is 11.3 Å². The summed E-state index contributed by atoms with van der Waals surface area (Å²) < 4.78 is 0. The van der Waals surface area contributed by atoms with Gasteiger partial charge in [0.25, 0.3) is 5.91 Å². The molecule has 0 radical (unpaired) electrons. The molecule has 0 spiro atoms. The van der Waals surface area contributed by atoms with Crippen LogP contribution in [0.15, 0.2) is 72.9 Å². The lowest BCUT2D eigenvalue weighted by molar-refractivity contribution is 0.102. The average molecular weight is 345 g/mol. The van der Waals surface area contributed by atoms with Crippen LogP contribution in [0.5, 0.6) is 0 Å². The highest BCUT2D eigenvalue weighted by atomic mass is 16.1. The van der Waals surface area contributed by atoms with Gasteiger partial charge in [0, 0.05) is 35.6 Å². The summed E-state index contributed by atoms with van der Waals surface area (Å²) in [6.07, 6.45) is 1.76. The van der Waals surface area contributed by atoms with Gasteiger partial charge in [0.1, 0.15) is 0 Å². The fraction of sp³-hybridized carbons (Fsp3) is 0.182. The number of hydrogen-bond donors (Lipinski definition) is 2. The van der Waals surface area contributed by atoms with Crippen molar-refractivity contribution in [1.29, 1.82) is 0 Å². The Bertz CT molecular complexity index is 858. The van der Waals surface area contributed by atoms with E-state index in [1.165, 1.54) is 0 Å². The van der Waals surface area contributed by atoms with Gasteiger partial charge >= 0.3 is 0 Å². The van der Waals surface area contributed by atoms with Gasteiger partial charge < -0.3 is 10.6 Å². The number of amides is 1. The zero-order chi connectivity index (χ0) is 18.4. The van der Waals surface area contributed by atoms with Crippen molar-refractivity contribution in [3.05, 3.63) is 84.1 Å². The molecule has 4 nitrogen and oxygen atoms in total. The van der Waals surface area contributed by atoms with E-state index in [1.807, 2.05) is 66.7 Å². The molecule has 0 aliphatic heterocycles. The highest BCUT2D eigenvalue weighted by Crippen LogP contribution is 2.21. The third kappa shape index (κ3) is 4.77. The molecule has 3 rings (SSSR count). The molecule has 0 atom stereocenters. The summed E-state index contributed by atoms with van der Waals surface area (Å²) in [6.45, 7) is 5.02. The predicted molar refractivity (Wildman–Crippen MR) is 106 cm³/mol. The Morgan fingerprint density at radius 2 is 1.81 bits per heavy atom. The van der Waals surface area contributed by atoms with Crippen LogP contribution < -0.4 is 10.6 Å². The summed E-state index contributed by atoms with van der Waals surface area (Å²) in [7, 11) is 0. The van der Waals surface area contributed by atoms with Gasteiger partial charge in [-0.25, -0.2) is 0 Å². The van der Waals surface area contributed by atoms with E-state index in [0.717, 1.165) is 29.1 Å². The molecule has 3 aromatic rings. The number of pyridine rings is 1. The van der Waals surface area contributed by atoms with Crippen molar-refractivity contribution in [1.82, 2.24) is 10.3 Å². The van der Waals surface area contributed by atoms with Gasteiger partial charge in [0.15, 0.2) is 0 Å². The van der Waals surface area contributed by atoms with Gasteiger partial charge in [0.2, 0.25) is 0 Å². The standard InChI is InChI=1S/C22H23N3O/c1-16(2)24-15-17-9-11-18(12-10-17)22(26)25-20-7-5-6-19(14-20)21-8-3-4-13-23-21/h3-14,16,24H,15H2,1-2H3,(H,25,26). The highest BCUT2D eigenvalue weighted by Gasteiger charge is 2.07. The molecule has 1 amide bonds. The summed E-state index contributed by atoms with van der Waals surface area (Å²) in [6, 6.07) is 21.6. The molecule has 0 saturated heterocycles. The number of aromatic nitrogens is 1. The lowest BCUT2D eigenvalue weighted by Crippen LogP contribution is -2.21. The fourth-order valence-corrected chi connectivity index (χ4v) is 2.59. The van der Waals surface area contributed by atoms with Crippen LogP contribution in [-0.4, -0.2) is 16.9 Å². The molecule has 1 heterocycles. The Hall–Kier alpha value is -2.98. The van der Waals surface area contributed by atoms with E-state index in [2.05, 4.69) is 29.5 Å². The van der Waals surface area contributed by atoms with Crippen molar-refractivity contribution in [2.45, 2.75) is 26.4 Å². The number of carbonyl (C=O) groups excluding carboxylic acids is 1. The van der Waals surface area contributed by atoms with E-state index in [4.69, 9.17) is 0 Å². The molecule has 1 aromatic heterocycles. The van der Waals surface area contributed by atoms with Crippen LogP contribution in [0.4, 0.5) is 5.69 Å². The Kier molecular flexibility index (Phi) is 5.77. The second kappa shape index (κ2) is 8.41. The van der Waals surface area contributed by atoms with E-state index in [-0.39, 0.29) is 5.91 Å². The quantitative estimate of drug-likeness (QED) is 0.692. The SMILES string of the molecule is CC(C)NCc1ccc(C(=O)Nc2cccc(-c3ccccn3)c2)cc1. The maximum absolute atomic E-state index is 12.5. The van der Waals surface area contributed by atoms with Gasteiger partial charge in [-0.1, -0.05) is 44.2 Å². The second-order valence-corrected chi connectivity index (χ2v) is 6.48. The molecule has 0 aliphatic rings. The maximum atomic E-state index is 12.5. The number of nitrogens with one attached hydrogen (secondary N) is 2. The van der Waals surface area contributed by atoms with Gasteiger partial charge in [0.05, 0.1) is 5.69 Å². The molecule has 0 unspecified atom stereocenters. The fourth-order valence-electron chi connectivity index (χ4n) is 2.59. The largest absolute Gasteiger partial charge is 0.322 e. The van der Waals surface area contributed by atoms with Crippen LogP contribution in [0.2, 0.25) is 0 Å². The molecule has 26 heavy (non-hydrogen) atoms. The Labute approximate surface area is 154 Å². The van der Waals surface area contributed by atoms with Crippen molar-refractivity contribution < 1.29 is 4.79 Å². The summed E-state index contributed by atoms with van der Waals surface area (Å²) in [4.78, 5) is 16.8. The first-order valence-electron chi connectivity index (χ1n) is 8.77. The Morgan fingerprint density at radius 1 is 1.00 bits per heavy atom. The molecule has 132 valence electrons. The molecule has 2 N–H and O–H groups in total. The number of anilines is 1. The molecule has 2 aromatic carbocycles. The minimum absolute atomic E-state index is 0.119. The average Bonchev–Trinajstić information content (AvgIpc) is 2.67. The van der Waals surface area contributed by atoms with Crippen LogP contribution in [0.25, 0.3) is 11.3 Å². The number of carbonyl (C=O) groups is 1. The van der Waals surface area contributed by atoms with Gasteiger partial charge in [-0.05, 0) is 42.0 Å². The normalized spacial score (nSPS) is 10.7. The van der Waals surface area contributed by atoms with E-state index < -0.39 is 0 Å². The maximum Gasteiger partial charge on any atom is 0.255 e. The molecule has 0 fully saturated rings. The van der Waals surface area contributed by atoms with Crippen molar-refractivity contribution in [2.75, 3.05) is 5.32 Å². The minimum Gasteiger partial charge on any atom is -0.322 e. The van der Waals surface area contributed by atoms with Gasteiger partial charge in [-0.3, -0.25) is 9.78 Å². The predicted octanol–water partition coefficient (Wildman–Crippen LogP) is 4.50. The number of rotatable bonds is 6. The molecule has 4 heteroatoms. The van der Waals surface area contributed by atoms with Gasteiger partial charge in [-0.2, -0.15) is 0 Å². The monoisotopic (exact) mass is 345 g/mol. The lowest BCUT2D eigenvalue weighted by Gasteiger charge is -2.10. The Morgan fingerprint density at radius 3 is 2.50 bits per heavy atom. The van der Waals surface area contributed by atoms with E-state index in [9.17, 15) is 4.79 Å². The van der Waals surface area contributed by atoms with Crippen molar-refractivity contribution >= 4 is 11.6 Å². The third-order valence-electron chi connectivity index (χ3n) is 4.01. The van der Waals surface area contributed by atoms with E-state index in [0.29, 0.717) is 11.6 Å². The van der Waals surface area contributed by atoms with Crippen LogP contribution in [0.1, 0.15) is 29.8 Å². The number of nitrogens with zero attached hydrogens (tertiary/aromatic N) is 1. The lowest BCUT2D eigenvalue weighted by atomic mass is 10.1. The van der Waals surface area contributed by atoms with E-state index >= 15 is 0 Å². The molecule has 0 aliphatic carbocycles. The smallest absolute Gasteiger partial charge is 0.255 e. The third-order valence-corrected chi connectivity index (χ3v) is 4.01.